The van der Waals surface area contributed by atoms with E-state index < -0.39 is 0 Å². The highest BCUT2D eigenvalue weighted by Gasteiger charge is 2.11. The van der Waals surface area contributed by atoms with Crippen LogP contribution in [-0.2, 0) is 0 Å². The highest BCUT2D eigenvalue weighted by Crippen LogP contribution is 2.38. The molecule has 266 valence electrons. The quantitative estimate of drug-likeness (QED) is 0.120. The van der Waals surface area contributed by atoms with E-state index in [1.54, 1.807) is 0 Å². The lowest BCUT2D eigenvalue weighted by molar-refractivity contribution is 1.53. The lowest BCUT2D eigenvalue weighted by Crippen LogP contribution is -1.95. The van der Waals surface area contributed by atoms with Crippen LogP contribution < -0.4 is 21.3 Å². The van der Waals surface area contributed by atoms with Gasteiger partial charge in [0.15, 0.2) is 0 Å². The van der Waals surface area contributed by atoms with Crippen molar-refractivity contribution in [3.8, 4) is 11.1 Å². The van der Waals surface area contributed by atoms with Gasteiger partial charge in [0.2, 0.25) is 0 Å². The van der Waals surface area contributed by atoms with Gasteiger partial charge in [-0.1, -0.05) is 115 Å². The molecule has 0 atom stereocenters. The molecule has 0 unspecified atom stereocenters. The topological polar surface area (TPSA) is 48.1 Å². The molecule has 4 nitrogen and oxygen atoms in total. The second-order valence-corrected chi connectivity index (χ2v) is 14.2. The van der Waals surface area contributed by atoms with E-state index in [1.807, 2.05) is 0 Å². The van der Waals surface area contributed by atoms with Crippen molar-refractivity contribution in [2.75, 3.05) is 21.3 Å². The second kappa shape index (κ2) is 14.3. The molecule has 0 amide bonds. The molecular weight excluding hydrogens is 681 g/mol. The van der Waals surface area contributed by atoms with Crippen LogP contribution in [0.15, 0.2) is 206 Å². The maximum absolute atomic E-state index is 3.75. The fraction of sp³-hybridized carbons (Fsp3) is 0. The van der Waals surface area contributed by atoms with Gasteiger partial charge in [-0.2, -0.15) is 0 Å². The van der Waals surface area contributed by atoms with Crippen LogP contribution in [0.1, 0.15) is 0 Å². The van der Waals surface area contributed by atoms with Crippen molar-refractivity contribution in [3.63, 3.8) is 0 Å². The van der Waals surface area contributed by atoms with Crippen LogP contribution in [0.5, 0.6) is 0 Å². The van der Waals surface area contributed by atoms with Crippen LogP contribution in [-0.4, -0.2) is 0 Å². The molecule has 0 aliphatic rings. The van der Waals surface area contributed by atoms with E-state index in [0.717, 1.165) is 51.1 Å². The highest BCUT2D eigenvalue weighted by molar-refractivity contribution is 6.04. The molecule has 10 rings (SSSR count). The number of anilines is 8. The predicted octanol–water partition coefficient (Wildman–Crippen LogP) is 14.9. The Labute approximate surface area is 326 Å². The molecule has 0 aromatic heterocycles. The van der Waals surface area contributed by atoms with Crippen molar-refractivity contribution in [2.45, 2.75) is 0 Å². The fourth-order valence-electron chi connectivity index (χ4n) is 7.69. The number of hydrogen-bond acceptors (Lipinski definition) is 4. The monoisotopic (exact) mass is 718 g/mol. The van der Waals surface area contributed by atoms with Crippen LogP contribution in [0, 0.1) is 0 Å². The van der Waals surface area contributed by atoms with Gasteiger partial charge >= 0.3 is 0 Å². The third kappa shape index (κ3) is 6.72. The highest BCUT2D eigenvalue weighted by atomic mass is 14.9. The van der Waals surface area contributed by atoms with E-state index in [-0.39, 0.29) is 0 Å². The fourth-order valence-corrected chi connectivity index (χ4v) is 7.69. The number of rotatable bonds is 9. The van der Waals surface area contributed by atoms with Gasteiger partial charge in [0.1, 0.15) is 0 Å². The third-order valence-corrected chi connectivity index (χ3v) is 10.5. The Hall–Kier alpha value is -7.56. The van der Waals surface area contributed by atoms with Crippen LogP contribution in [0.2, 0.25) is 0 Å². The van der Waals surface area contributed by atoms with E-state index >= 15 is 0 Å². The van der Waals surface area contributed by atoms with Crippen molar-refractivity contribution in [2.24, 2.45) is 0 Å². The molecule has 0 heterocycles. The lowest BCUT2D eigenvalue weighted by atomic mass is 9.95. The number of fused-ring (bicyclic) bond motifs is 4. The average molecular weight is 719 g/mol. The lowest BCUT2D eigenvalue weighted by Gasteiger charge is -2.16. The first kappa shape index (κ1) is 33.0. The van der Waals surface area contributed by atoms with E-state index in [1.165, 1.54) is 48.7 Å². The summed E-state index contributed by atoms with van der Waals surface area (Å²) in [7, 11) is 0. The Balaban J connectivity index is 0.908. The van der Waals surface area contributed by atoms with Gasteiger partial charge < -0.3 is 21.3 Å². The van der Waals surface area contributed by atoms with Gasteiger partial charge in [0.25, 0.3) is 0 Å². The van der Waals surface area contributed by atoms with Crippen LogP contribution in [0.4, 0.5) is 45.5 Å². The Bertz CT molecular complexity index is 3020. The summed E-state index contributed by atoms with van der Waals surface area (Å²) in [5.41, 5.74) is 10.8. The van der Waals surface area contributed by atoms with Gasteiger partial charge in [-0.05, 0) is 134 Å². The first-order chi connectivity index (χ1) is 27.7. The van der Waals surface area contributed by atoms with Gasteiger partial charge in [0.05, 0.1) is 0 Å². The minimum absolute atomic E-state index is 1.03. The molecule has 4 N–H and O–H groups in total. The Morgan fingerprint density at radius 3 is 1.39 bits per heavy atom. The summed E-state index contributed by atoms with van der Waals surface area (Å²) in [5, 5.41) is 24.2. The van der Waals surface area contributed by atoms with Crippen molar-refractivity contribution in [1.82, 2.24) is 0 Å². The minimum Gasteiger partial charge on any atom is -0.356 e. The number of nitrogens with one attached hydrogen (secondary N) is 4. The molecule has 0 spiro atoms. The summed E-state index contributed by atoms with van der Waals surface area (Å²) in [4.78, 5) is 0. The zero-order valence-corrected chi connectivity index (χ0v) is 30.6. The molecule has 4 heteroatoms. The van der Waals surface area contributed by atoms with E-state index in [9.17, 15) is 0 Å². The average Bonchev–Trinajstić information content (AvgIpc) is 3.25. The van der Waals surface area contributed by atoms with Crippen molar-refractivity contribution in [3.05, 3.63) is 206 Å². The zero-order chi connectivity index (χ0) is 37.3. The van der Waals surface area contributed by atoms with Crippen molar-refractivity contribution >= 4 is 88.6 Å². The first-order valence-corrected chi connectivity index (χ1v) is 19.0. The van der Waals surface area contributed by atoms with E-state index in [4.69, 9.17) is 0 Å². The predicted molar refractivity (Wildman–Crippen MR) is 241 cm³/mol. The molecular formula is C52H38N4. The molecule has 56 heavy (non-hydrogen) atoms. The van der Waals surface area contributed by atoms with Crippen LogP contribution in [0.25, 0.3) is 54.2 Å². The van der Waals surface area contributed by atoms with Gasteiger partial charge in [-0.3, -0.25) is 0 Å². The normalized spacial score (nSPS) is 11.2. The zero-order valence-electron chi connectivity index (χ0n) is 30.6. The third-order valence-electron chi connectivity index (χ3n) is 10.5. The molecule has 0 aliphatic carbocycles. The molecule has 0 saturated heterocycles. The Morgan fingerprint density at radius 2 is 0.696 bits per heavy atom. The largest absolute Gasteiger partial charge is 0.356 e. The van der Waals surface area contributed by atoms with Crippen molar-refractivity contribution in [1.29, 1.82) is 0 Å². The maximum atomic E-state index is 3.75. The Morgan fingerprint density at radius 1 is 0.232 bits per heavy atom. The standard InChI is InChI=1S/C52H38N4/c1-2-11-38-32-45(21-19-35(38)9-1)53-41-23-25-42(26-24-41)54-46-22-20-37-13-7-17-47(50(37)34-46)40-31-39-12-4-6-16-49(39)52(33-40)56-44-29-27-43(28-30-44)55-51-18-8-14-36-10-3-5-15-48(36)51/h1-34,53-56H. The molecule has 0 aliphatic heterocycles. The maximum Gasteiger partial charge on any atom is 0.0470 e. The first-order valence-electron chi connectivity index (χ1n) is 19.0. The molecule has 10 aromatic rings. The summed E-state index contributed by atoms with van der Waals surface area (Å²) in [6.07, 6.45) is 0. The van der Waals surface area contributed by atoms with Gasteiger partial charge in [-0.25, -0.2) is 0 Å². The Kier molecular flexibility index (Phi) is 8.47. The van der Waals surface area contributed by atoms with E-state index in [0.29, 0.717) is 0 Å². The molecule has 0 fully saturated rings. The summed E-state index contributed by atoms with van der Waals surface area (Å²) in [6.45, 7) is 0. The smallest absolute Gasteiger partial charge is 0.0470 e. The van der Waals surface area contributed by atoms with Crippen LogP contribution >= 0.6 is 0 Å². The minimum atomic E-state index is 1.03. The number of hydrogen-bond donors (Lipinski definition) is 4. The SMILES string of the molecule is c1ccc2cc(Nc3ccc(Nc4ccc5cccc(-c6cc(Nc7ccc(Nc8cccc9ccccc89)cc7)c7ccccc7c6)c5c4)cc3)ccc2c1. The summed E-state index contributed by atoms with van der Waals surface area (Å²) >= 11 is 0. The van der Waals surface area contributed by atoms with Crippen LogP contribution in [0.3, 0.4) is 0 Å². The molecule has 0 radical (unpaired) electrons. The van der Waals surface area contributed by atoms with Gasteiger partial charge in [0, 0.05) is 56.3 Å². The van der Waals surface area contributed by atoms with E-state index in [2.05, 4.69) is 228 Å². The second-order valence-electron chi connectivity index (χ2n) is 14.2. The summed E-state index contributed by atoms with van der Waals surface area (Å²) in [6, 6.07) is 73.0. The summed E-state index contributed by atoms with van der Waals surface area (Å²) < 4.78 is 0. The molecule has 10 aromatic carbocycles. The molecule has 0 saturated carbocycles. The summed E-state index contributed by atoms with van der Waals surface area (Å²) in [5.74, 6) is 0. The number of benzene rings is 10. The van der Waals surface area contributed by atoms with Gasteiger partial charge in [-0.15, -0.1) is 0 Å². The van der Waals surface area contributed by atoms with Crippen molar-refractivity contribution < 1.29 is 0 Å². The molecule has 0 bridgehead atoms.